The first-order chi connectivity index (χ1) is 4.81. The topological polar surface area (TPSA) is 36.4 Å². The molecule has 0 aromatic rings. The summed E-state index contributed by atoms with van der Waals surface area (Å²) in [6, 6.07) is 0. The Kier molecular flexibility index (Phi) is 0.897. The highest BCUT2D eigenvalue weighted by Gasteiger charge is 2.30. The number of hydrazone groups is 1. The Morgan fingerprint density at radius 1 is 1.60 bits per heavy atom. The lowest BCUT2D eigenvalue weighted by Crippen LogP contribution is -2.43. The van der Waals surface area contributed by atoms with Crippen LogP contribution in [0, 0.1) is 0 Å². The minimum atomic E-state index is -0.0885. The quantitative estimate of drug-likeness (QED) is 0.502. The van der Waals surface area contributed by atoms with Gasteiger partial charge in [0.25, 0.3) is 0 Å². The van der Waals surface area contributed by atoms with E-state index in [4.69, 9.17) is 0 Å². The summed E-state index contributed by atoms with van der Waals surface area (Å²) in [5, 5.41) is 7.15. The predicted octanol–water partition coefficient (Wildman–Crippen LogP) is 0.335. The van der Waals surface area contributed by atoms with Gasteiger partial charge >= 0.3 is 0 Å². The minimum Gasteiger partial charge on any atom is -0.376 e. The molecule has 52 valence electrons. The van der Waals surface area contributed by atoms with E-state index in [-0.39, 0.29) is 5.54 Å². The minimum absolute atomic E-state index is 0.0885. The second-order valence-corrected chi connectivity index (χ2v) is 2.66. The van der Waals surface area contributed by atoms with E-state index in [0.29, 0.717) is 0 Å². The fourth-order valence-electron chi connectivity index (χ4n) is 1.11. The van der Waals surface area contributed by atoms with Gasteiger partial charge in [-0.15, -0.1) is 0 Å². The molecule has 2 heterocycles. The average Bonchev–Trinajstić information content (AvgIpc) is 2.29. The maximum absolute atomic E-state index is 3.95. The first kappa shape index (κ1) is 5.53. The molecule has 0 spiro atoms. The highest BCUT2D eigenvalue weighted by atomic mass is 15.3. The van der Waals surface area contributed by atoms with Gasteiger partial charge in [-0.2, -0.15) is 5.10 Å². The van der Waals surface area contributed by atoms with Crippen LogP contribution < -0.4 is 10.7 Å². The van der Waals surface area contributed by atoms with E-state index in [1.807, 2.05) is 24.6 Å². The van der Waals surface area contributed by atoms with E-state index in [2.05, 4.69) is 22.8 Å². The van der Waals surface area contributed by atoms with Crippen LogP contribution in [0.2, 0.25) is 0 Å². The fraction of sp³-hybridized carbons (Fsp3) is 0.286. The van der Waals surface area contributed by atoms with Crippen LogP contribution >= 0.6 is 0 Å². The summed E-state index contributed by atoms with van der Waals surface area (Å²) < 4.78 is 0. The van der Waals surface area contributed by atoms with Crippen molar-refractivity contribution in [2.75, 3.05) is 0 Å². The molecule has 0 aromatic heterocycles. The third-order valence-corrected chi connectivity index (χ3v) is 1.81. The van der Waals surface area contributed by atoms with Crippen LogP contribution in [0.5, 0.6) is 0 Å². The van der Waals surface area contributed by atoms with E-state index in [9.17, 15) is 0 Å². The average molecular weight is 135 g/mol. The van der Waals surface area contributed by atoms with Crippen molar-refractivity contribution < 1.29 is 0 Å². The lowest BCUT2D eigenvalue weighted by molar-refractivity contribution is 0.609. The number of allylic oxidation sites excluding steroid dienone is 2. The van der Waals surface area contributed by atoms with Crippen molar-refractivity contribution in [3.05, 3.63) is 24.0 Å². The predicted molar refractivity (Wildman–Crippen MR) is 40.4 cm³/mol. The third kappa shape index (κ3) is 0.572. The Hall–Kier alpha value is -1.25. The summed E-state index contributed by atoms with van der Waals surface area (Å²) in [4.78, 5) is 0. The van der Waals surface area contributed by atoms with Gasteiger partial charge in [-0.3, -0.25) is 5.43 Å². The molecule has 0 radical (unpaired) electrons. The van der Waals surface area contributed by atoms with Crippen molar-refractivity contribution in [1.29, 1.82) is 0 Å². The van der Waals surface area contributed by atoms with Crippen LogP contribution in [-0.4, -0.2) is 11.8 Å². The molecule has 0 aliphatic carbocycles. The first-order valence-electron chi connectivity index (χ1n) is 3.26. The molecule has 1 unspecified atom stereocenters. The van der Waals surface area contributed by atoms with Crippen LogP contribution in [0.15, 0.2) is 29.2 Å². The summed E-state index contributed by atoms with van der Waals surface area (Å²) in [6.45, 7) is 2.08. The van der Waals surface area contributed by atoms with Crippen LogP contribution in [0.3, 0.4) is 0 Å². The normalized spacial score (nSPS) is 34.3. The monoisotopic (exact) mass is 135 g/mol. The third-order valence-electron chi connectivity index (χ3n) is 1.81. The molecular weight excluding hydrogens is 126 g/mol. The van der Waals surface area contributed by atoms with E-state index in [1.54, 1.807) is 0 Å². The zero-order valence-electron chi connectivity index (χ0n) is 5.76. The van der Waals surface area contributed by atoms with Crippen molar-refractivity contribution in [1.82, 2.24) is 10.7 Å². The number of nitrogens with zero attached hydrogens (tertiary/aromatic N) is 1. The molecule has 0 bridgehead atoms. The molecule has 0 aromatic carbocycles. The summed E-state index contributed by atoms with van der Waals surface area (Å²) in [5.41, 5.74) is 3.93. The molecule has 10 heavy (non-hydrogen) atoms. The van der Waals surface area contributed by atoms with E-state index in [1.165, 1.54) is 0 Å². The molecule has 2 aliphatic rings. The second-order valence-electron chi connectivity index (χ2n) is 2.66. The van der Waals surface area contributed by atoms with Crippen molar-refractivity contribution >= 4 is 6.21 Å². The highest BCUT2D eigenvalue weighted by Crippen LogP contribution is 2.18. The van der Waals surface area contributed by atoms with Crippen molar-refractivity contribution in [3.8, 4) is 0 Å². The van der Waals surface area contributed by atoms with Crippen LogP contribution in [0.1, 0.15) is 6.92 Å². The van der Waals surface area contributed by atoms with Gasteiger partial charge in [0.05, 0.1) is 11.9 Å². The SMILES string of the molecule is CC12C=NNC1=CC=CN2. The van der Waals surface area contributed by atoms with Gasteiger partial charge in [0.15, 0.2) is 0 Å². The number of rotatable bonds is 0. The zero-order chi connectivity index (χ0) is 7.03. The molecule has 2 rings (SSSR count). The number of fused-ring (bicyclic) bond motifs is 1. The summed E-state index contributed by atoms with van der Waals surface area (Å²) in [7, 11) is 0. The molecule has 0 fully saturated rings. The molecule has 0 saturated carbocycles. The standard InChI is InChI=1S/C7H9N3/c1-7-5-9-10-6(7)3-2-4-8-7/h2-5,8,10H,1H3. The maximum atomic E-state index is 3.95. The Morgan fingerprint density at radius 3 is 3.30 bits per heavy atom. The van der Waals surface area contributed by atoms with Gasteiger partial charge in [-0.05, 0) is 25.3 Å². The number of hydrogen-bond acceptors (Lipinski definition) is 3. The van der Waals surface area contributed by atoms with Gasteiger partial charge in [0.2, 0.25) is 0 Å². The smallest absolute Gasteiger partial charge is 0.113 e. The molecule has 0 saturated heterocycles. The van der Waals surface area contributed by atoms with Gasteiger partial charge < -0.3 is 5.32 Å². The van der Waals surface area contributed by atoms with Gasteiger partial charge in [0.1, 0.15) is 5.54 Å². The molecule has 3 nitrogen and oxygen atoms in total. The number of hydrogen-bond donors (Lipinski definition) is 2. The van der Waals surface area contributed by atoms with E-state index < -0.39 is 0 Å². The lowest BCUT2D eigenvalue weighted by atomic mass is 9.99. The van der Waals surface area contributed by atoms with Crippen LogP contribution in [0.25, 0.3) is 0 Å². The Labute approximate surface area is 59.5 Å². The summed E-state index contributed by atoms with van der Waals surface area (Å²) >= 11 is 0. The van der Waals surface area contributed by atoms with Crippen LogP contribution in [0.4, 0.5) is 0 Å². The molecule has 1 atom stereocenters. The van der Waals surface area contributed by atoms with E-state index >= 15 is 0 Å². The fourth-order valence-corrected chi connectivity index (χ4v) is 1.11. The van der Waals surface area contributed by atoms with Gasteiger partial charge in [-0.25, -0.2) is 0 Å². The second kappa shape index (κ2) is 1.62. The first-order valence-corrected chi connectivity index (χ1v) is 3.26. The Balaban J connectivity index is 2.41. The largest absolute Gasteiger partial charge is 0.376 e. The van der Waals surface area contributed by atoms with Crippen molar-refractivity contribution in [2.24, 2.45) is 5.10 Å². The molecule has 2 N–H and O–H groups in total. The van der Waals surface area contributed by atoms with Crippen molar-refractivity contribution in [3.63, 3.8) is 0 Å². The highest BCUT2D eigenvalue weighted by molar-refractivity contribution is 5.78. The molecule has 2 aliphatic heterocycles. The summed E-state index contributed by atoms with van der Waals surface area (Å²) in [5.74, 6) is 0. The van der Waals surface area contributed by atoms with Crippen LogP contribution in [-0.2, 0) is 0 Å². The Bertz CT molecular complexity index is 239. The maximum Gasteiger partial charge on any atom is 0.113 e. The lowest BCUT2D eigenvalue weighted by Gasteiger charge is -2.24. The molecule has 3 heteroatoms. The van der Waals surface area contributed by atoms with Crippen molar-refractivity contribution in [2.45, 2.75) is 12.5 Å². The van der Waals surface area contributed by atoms with Gasteiger partial charge in [-0.1, -0.05) is 0 Å². The van der Waals surface area contributed by atoms with E-state index in [0.717, 1.165) is 5.70 Å². The molecular formula is C7H9N3. The molecule has 0 amide bonds. The number of dihydropyridines is 1. The Morgan fingerprint density at radius 2 is 2.50 bits per heavy atom. The zero-order valence-corrected chi connectivity index (χ0v) is 5.76. The van der Waals surface area contributed by atoms with Gasteiger partial charge in [0, 0.05) is 0 Å². The number of nitrogens with one attached hydrogen (secondary N) is 2. The summed E-state index contributed by atoms with van der Waals surface area (Å²) in [6.07, 6.45) is 7.76.